The molecule has 0 bridgehead atoms. The SMILES string of the molecule is CC(C)(C)OC(=O)N1CCN(C(=O)Nc2ccc(Cl)cc2C(F)(F)F)[C@H](CO)C1. The summed E-state index contributed by atoms with van der Waals surface area (Å²) in [5, 5.41) is 11.7. The number of anilines is 1. The summed E-state index contributed by atoms with van der Waals surface area (Å²) >= 11 is 5.64. The lowest BCUT2D eigenvalue weighted by molar-refractivity contribution is -0.136. The van der Waals surface area contributed by atoms with E-state index in [0.717, 1.165) is 12.1 Å². The number of piperazine rings is 1. The van der Waals surface area contributed by atoms with Crippen LogP contribution < -0.4 is 5.32 Å². The second-order valence-electron chi connectivity index (χ2n) is 7.57. The average molecular weight is 438 g/mol. The fraction of sp³-hybridized carbons (Fsp3) is 0.556. The topological polar surface area (TPSA) is 82.1 Å². The van der Waals surface area contributed by atoms with Crippen molar-refractivity contribution in [3.8, 4) is 0 Å². The first kappa shape index (κ1) is 23.1. The summed E-state index contributed by atoms with van der Waals surface area (Å²) in [5.74, 6) is 0. The monoisotopic (exact) mass is 437 g/mol. The summed E-state index contributed by atoms with van der Waals surface area (Å²) in [6.07, 6.45) is -5.30. The van der Waals surface area contributed by atoms with Gasteiger partial charge in [-0.2, -0.15) is 13.2 Å². The second-order valence-corrected chi connectivity index (χ2v) is 8.01. The lowest BCUT2D eigenvalue weighted by Crippen LogP contribution is -2.59. The molecule has 0 saturated carbocycles. The number of aliphatic hydroxyl groups is 1. The molecule has 11 heteroatoms. The van der Waals surface area contributed by atoms with Crippen LogP contribution >= 0.6 is 11.6 Å². The lowest BCUT2D eigenvalue weighted by Gasteiger charge is -2.40. The maximum atomic E-state index is 13.2. The van der Waals surface area contributed by atoms with Gasteiger partial charge in [0.15, 0.2) is 0 Å². The summed E-state index contributed by atoms with van der Waals surface area (Å²) in [7, 11) is 0. The molecular weight excluding hydrogens is 415 g/mol. The number of aliphatic hydroxyl groups excluding tert-OH is 1. The van der Waals surface area contributed by atoms with E-state index in [9.17, 15) is 27.9 Å². The number of benzene rings is 1. The Hall–Kier alpha value is -2.20. The van der Waals surface area contributed by atoms with Gasteiger partial charge >= 0.3 is 18.3 Å². The van der Waals surface area contributed by atoms with Crippen LogP contribution in [0.5, 0.6) is 0 Å². The van der Waals surface area contributed by atoms with Crippen LogP contribution in [0.25, 0.3) is 0 Å². The van der Waals surface area contributed by atoms with E-state index in [1.807, 2.05) is 0 Å². The zero-order chi connectivity index (χ0) is 22.0. The van der Waals surface area contributed by atoms with Crippen molar-refractivity contribution in [3.05, 3.63) is 28.8 Å². The van der Waals surface area contributed by atoms with E-state index < -0.39 is 47.8 Å². The molecule has 0 aliphatic carbocycles. The fourth-order valence-electron chi connectivity index (χ4n) is 2.82. The minimum atomic E-state index is -4.71. The van der Waals surface area contributed by atoms with Gasteiger partial charge in [0.05, 0.1) is 23.9 Å². The van der Waals surface area contributed by atoms with Crippen molar-refractivity contribution in [1.82, 2.24) is 9.80 Å². The number of rotatable bonds is 2. The number of urea groups is 1. The first-order chi connectivity index (χ1) is 13.3. The van der Waals surface area contributed by atoms with Gasteiger partial charge < -0.3 is 25.0 Å². The van der Waals surface area contributed by atoms with E-state index >= 15 is 0 Å². The average Bonchev–Trinajstić information content (AvgIpc) is 2.60. The Morgan fingerprint density at radius 3 is 2.48 bits per heavy atom. The highest BCUT2D eigenvalue weighted by Gasteiger charge is 2.37. The minimum absolute atomic E-state index is 0.00835. The number of hydrogen-bond donors (Lipinski definition) is 2. The molecule has 29 heavy (non-hydrogen) atoms. The van der Waals surface area contributed by atoms with E-state index in [1.54, 1.807) is 20.8 Å². The van der Waals surface area contributed by atoms with Crippen LogP contribution in [0.4, 0.5) is 28.4 Å². The molecule has 3 amide bonds. The van der Waals surface area contributed by atoms with Crippen molar-refractivity contribution in [2.75, 3.05) is 31.6 Å². The van der Waals surface area contributed by atoms with Crippen molar-refractivity contribution in [2.24, 2.45) is 0 Å². The number of carbonyl (C=O) groups is 2. The number of nitrogens with zero attached hydrogens (tertiary/aromatic N) is 2. The van der Waals surface area contributed by atoms with Crippen molar-refractivity contribution in [3.63, 3.8) is 0 Å². The summed E-state index contributed by atoms with van der Waals surface area (Å²) in [4.78, 5) is 27.3. The largest absolute Gasteiger partial charge is 0.444 e. The zero-order valence-electron chi connectivity index (χ0n) is 16.2. The fourth-order valence-corrected chi connectivity index (χ4v) is 2.99. The smallest absolute Gasteiger partial charge is 0.418 e. The highest BCUT2D eigenvalue weighted by molar-refractivity contribution is 6.30. The number of hydrogen-bond acceptors (Lipinski definition) is 4. The Bertz CT molecular complexity index is 768. The van der Waals surface area contributed by atoms with Crippen LogP contribution in [-0.4, -0.2) is 64.9 Å². The number of ether oxygens (including phenoxy) is 1. The Morgan fingerprint density at radius 2 is 1.93 bits per heavy atom. The number of alkyl halides is 3. The van der Waals surface area contributed by atoms with Crippen LogP contribution in [0.1, 0.15) is 26.3 Å². The van der Waals surface area contributed by atoms with E-state index in [0.29, 0.717) is 0 Å². The quantitative estimate of drug-likeness (QED) is 0.737. The molecule has 1 aliphatic heterocycles. The van der Waals surface area contributed by atoms with Gasteiger partial charge in [0, 0.05) is 24.7 Å². The first-order valence-corrected chi connectivity index (χ1v) is 9.23. The molecule has 7 nitrogen and oxygen atoms in total. The molecule has 1 heterocycles. The van der Waals surface area contributed by atoms with Gasteiger partial charge in [-0.25, -0.2) is 9.59 Å². The van der Waals surface area contributed by atoms with E-state index in [4.69, 9.17) is 16.3 Å². The van der Waals surface area contributed by atoms with Gasteiger partial charge in [-0.3, -0.25) is 0 Å². The van der Waals surface area contributed by atoms with Gasteiger partial charge in [0.2, 0.25) is 0 Å². The Balaban J connectivity index is 2.12. The van der Waals surface area contributed by atoms with Gasteiger partial charge in [-0.05, 0) is 39.0 Å². The summed E-state index contributed by atoms with van der Waals surface area (Å²) < 4.78 is 44.9. The molecule has 2 N–H and O–H groups in total. The van der Waals surface area contributed by atoms with Crippen LogP contribution in [0, 0.1) is 0 Å². The van der Waals surface area contributed by atoms with Crippen LogP contribution in [0.15, 0.2) is 18.2 Å². The molecule has 162 valence electrons. The molecule has 1 aromatic rings. The molecule has 0 radical (unpaired) electrons. The standard InChI is InChI=1S/C18H23ClF3N3O4/c1-17(2,3)29-16(28)24-6-7-25(12(9-24)10-26)15(27)23-14-5-4-11(19)8-13(14)18(20,21)22/h4-5,8,12,26H,6-7,9-10H2,1-3H3,(H,23,27)/t12-/m0/s1. The molecule has 2 rings (SSSR count). The summed E-state index contributed by atoms with van der Waals surface area (Å²) in [6, 6.07) is 1.41. The molecule has 0 spiro atoms. The third kappa shape index (κ3) is 6.14. The van der Waals surface area contributed by atoms with Gasteiger partial charge in [0.25, 0.3) is 0 Å². The predicted octanol–water partition coefficient (Wildman–Crippen LogP) is 3.80. The number of amides is 3. The second kappa shape index (κ2) is 8.66. The lowest BCUT2D eigenvalue weighted by atomic mass is 10.1. The number of halogens is 4. The Labute approximate surface area is 171 Å². The molecule has 1 fully saturated rings. The first-order valence-electron chi connectivity index (χ1n) is 8.85. The van der Waals surface area contributed by atoms with Crippen LogP contribution in [-0.2, 0) is 10.9 Å². The number of carbonyl (C=O) groups excluding carboxylic acids is 2. The van der Waals surface area contributed by atoms with Crippen LogP contribution in [0.3, 0.4) is 0 Å². The minimum Gasteiger partial charge on any atom is -0.444 e. The molecule has 1 aromatic carbocycles. The molecule has 1 atom stereocenters. The third-order valence-corrected chi connectivity index (χ3v) is 4.37. The van der Waals surface area contributed by atoms with E-state index in [2.05, 4.69) is 5.32 Å². The van der Waals surface area contributed by atoms with Crippen molar-refractivity contribution in [1.29, 1.82) is 0 Å². The normalized spacial score (nSPS) is 17.9. The van der Waals surface area contributed by atoms with Crippen molar-refractivity contribution in [2.45, 2.75) is 38.6 Å². The van der Waals surface area contributed by atoms with Crippen LogP contribution in [0.2, 0.25) is 5.02 Å². The summed E-state index contributed by atoms with van der Waals surface area (Å²) in [5.41, 5.74) is -2.23. The third-order valence-electron chi connectivity index (χ3n) is 4.13. The zero-order valence-corrected chi connectivity index (χ0v) is 17.0. The molecular formula is C18H23ClF3N3O4. The van der Waals surface area contributed by atoms with Gasteiger partial charge in [0.1, 0.15) is 5.60 Å². The summed E-state index contributed by atoms with van der Waals surface area (Å²) in [6.45, 7) is 4.79. The molecule has 1 saturated heterocycles. The van der Waals surface area contributed by atoms with Gasteiger partial charge in [-0.15, -0.1) is 0 Å². The molecule has 1 aliphatic rings. The Morgan fingerprint density at radius 1 is 1.28 bits per heavy atom. The predicted molar refractivity (Wildman–Crippen MR) is 101 cm³/mol. The van der Waals surface area contributed by atoms with Crippen molar-refractivity contribution >= 4 is 29.4 Å². The Kier molecular flexibility index (Phi) is 6.89. The maximum absolute atomic E-state index is 13.2. The number of nitrogens with one attached hydrogen (secondary N) is 1. The molecule has 0 unspecified atom stereocenters. The maximum Gasteiger partial charge on any atom is 0.418 e. The van der Waals surface area contributed by atoms with E-state index in [-0.39, 0.29) is 24.7 Å². The highest BCUT2D eigenvalue weighted by Crippen LogP contribution is 2.36. The van der Waals surface area contributed by atoms with Crippen molar-refractivity contribution < 1.29 is 32.6 Å². The van der Waals surface area contributed by atoms with E-state index in [1.165, 1.54) is 15.9 Å². The molecule has 0 aromatic heterocycles. The highest BCUT2D eigenvalue weighted by atomic mass is 35.5. The van der Waals surface area contributed by atoms with Gasteiger partial charge in [-0.1, -0.05) is 11.6 Å².